The van der Waals surface area contributed by atoms with Crippen molar-refractivity contribution in [2.24, 2.45) is 0 Å². The smallest absolute Gasteiger partial charge is 0.219 e. The van der Waals surface area contributed by atoms with Gasteiger partial charge < -0.3 is 9.88 Å². The van der Waals surface area contributed by atoms with Gasteiger partial charge in [0.15, 0.2) is 0 Å². The first-order valence-electron chi connectivity index (χ1n) is 8.32. The highest BCUT2D eigenvalue weighted by Gasteiger charge is 2.12. The third kappa shape index (κ3) is 2.76. The van der Waals surface area contributed by atoms with E-state index in [1.54, 1.807) is 18.0 Å². The lowest BCUT2D eigenvalue weighted by Gasteiger charge is -2.16. The van der Waals surface area contributed by atoms with Crippen molar-refractivity contribution in [2.75, 3.05) is 6.54 Å². The van der Waals surface area contributed by atoms with Crippen LogP contribution in [0.25, 0.3) is 27.5 Å². The highest BCUT2D eigenvalue weighted by molar-refractivity contribution is 6.04. The minimum Gasteiger partial charge on any atom is -0.340 e. The van der Waals surface area contributed by atoms with Crippen LogP contribution in [0.2, 0.25) is 0 Å². The summed E-state index contributed by atoms with van der Waals surface area (Å²) in [5.74, 6) is 0.845. The van der Waals surface area contributed by atoms with Crippen LogP contribution in [0.15, 0.2) is 48.8 Å². The fraction of sp³-hybridized carbons (Fsp3) is 0.211. The molecule has 0 saturated heterocycles. The molecule has 1 amide bonds. The van der Waals surface area contributed by atoms with Gasteiger partial charge in [-0.25, -0.2) is 9.67 Å². The molecule has 6 nitrogen and oxygen atoms in total. The van der Waals surface area contributed by atoms with Crippen LogP contribution >= 0.6 is 0 Å². The number of fused-ring (bicyclic) bond motifs is 3. The van der Waals surface area contributed by atoms with Crippen molar-refractivity contribution in [3.05, 3.63) is 54.6 Å². The van der Waals surface area contributed by atoms with E-state index in [1.165, 1.54) is 0 Å². The number of amides is 1. The first-order valence-corrected chi connectivity index (χ1v) is 8.32. The monoisotopic (exact) mass is 333 g/mol. The van der Waals surface area contributed by atoms with Crippen molar-refractivity contribution < 1.29 is 4.79 Å². The Morgan fingerprint density at radius 2 is 2.12 bits per heavy atom. The van der Waals surface area contributed by atoms with Gasteiger partial charge in [-0.2, -0.15) is 5.10 Å². The van der Waals surface area contributed by atoms with Crippen LogP contribution in [0.1, 0.15) is 19.7 Å². The maximum Gasteiger partial charge on any atom is 0.219 e. The molecule has 25 heavy (non-hydrogen) atoms. The summed E-state index contributed by atoms with van der Waals surface area (Å²) in [7, 11) is 0. The van der Waals surface area contributed by atoms with Crippen LogP contribution in [0, 0.1) is 0 Å². The number of rotatable bonds is 4. The molecule has 0 aliphatic rings. The van der Waals surface area contributed by atoms with Crippen molar-refractivity contribution in [3.63, 3.8) is 0 Å². The van der Waals surface area contributed by atoms with E-state index in [2.05, 4.69) is 28.3 Å². The molecule has 2 aromatic heterocycles. The summed E-state index contributed by atoms with van der Waals surface area (Å²) in [5.41, 5.74) is 2.88. The standard InChI is InChI=1S/C19H19N5O/c1-3-23(13(2)25)12-18-21-17-8-6-14-5-7-15(24-10-4-9-20-24)11-16(14)19(17)22-18/h4-11H,3,12H2,1-2H3,(H,21,22). The summed E-state index contributed by atoms with van der Waals surface area (Å²) in [5, 5.41) is 6.49. The van der Waals surface area contributed by atoms with Crippen molar-refractivity contribution in [2.45, 2.75) is 20.4 Å². The van der Waals surface area contributed by atoms with E-state index in [0.717, 1.165) is 33.3 Å². The van der Waals surface area contributed by atoms with Gasteiger partial charge in [0.25, 0.3) is 0 Å². The Morgan fingerprint density at radius 1 is 1.28 bits per heavy atom. The molecule has 6 heteroatoms. The molecule has 0 aliphatic heterocycles. The zero-order chi connectivity index (χ0) is 17.4. The van der Waals surface area contributed by atoms with Crippen LogP contribution in [-0.2, 0) is 11.3 Å². The molecule has 0 aliphatic carbocycles. The molecule has 0 radical (unpaired) electrons. The lowest BCUT2D eigenvalue weighted by atomic mass is 10.1. The molecule has 2 aromatic carbocycles. The Kier molecular flexibility index (Phi) is 3.72. The van der Waals surface area contributed by atoms with E-state index < -0.39 is 0 Å². The van der Waals surface area contributed by atoms with E-state index in [4.69, 9.17) is 4.98 Å². The van der Waals surface area contributed by atoms with Gasteiger partial charge in [-0.3, -0.25) is 4.79 Å². The molecule has 4 aromatic rings. The fourth-order valence-electron chi connectivity index (χ4n) is 3.10. The number of nitrogens with one attached hydrogen (secondary N) is 1. The van der Waals surface area contributed by atoms with Crippen molar-refractivity contribution >= 4 is 27.7 Å². The normalized spacial score (nSPS) is 11.3. The number of carbonyl (C=O) groups is 1. The molecular formula is C19H19N5O. The number of carbonyl (C=O) groups excluding carboxylic acids is 1. The van der Waals surface area contributed by atoms with Crippen LogP contribution in [0.4, 0.5) is 0 Å². The Bertz CT molecular complexity index is 1050. The van der Waals surface area contributed by atoms with Crippen LogP contribution in [-0.4, -0.2) is 37.1 Å². The molecule has 0 saturated carbocycles. The molecule has 0 bridgehead atoms. The average molecular weight is 333 g/mol. The molecule has 1 N–H and O–H groups in total. The van der Waals surface area contributed by atoms with Gasteiger partial charge in [-0.05, 0) is 36.6 Å². The van der Waals surface area contributed by atoms with Crippen LogP contribution < -0.4 is 0 Å². The SMILES string of the molecule is CCN(Cc1nc2c(ccc3ccc(-n4cccn4)cc32)[nH]1)C(C)=O. The number of imidazole rings is 1. The number of benzene rings is 2. The van der Waals surface area contributed by atoms with E-state index in [0.29, 0.717) is 13.1 Å². The van der Waals surface area contributed by atoms with E-state index >= 15 is 0 Å². The minimum absolute atomic E-state index is 0.0498. The highest BCUT2D eigenvalue weighted by Crippen LogP contribution is 2.26. The van der Waals surface area contributed by atoms with E-state index in [1.807, 2.05) is 36.0 Å². The van der Waals surface area contributed by atoms with Gasteiger partial charge in [-0.1, -0.05) is 12.1 Å². The highest BCUT2D eigenvalue weighted by atomic mass is 16.2. The predicted octanol–water partition coefficient (Wildman–Crippen LogP) is 3.27. The van der Waals surface area contributed by atoms with Crippen molar-refractivity contribution in [1.82, 2.24) is 24.6 Å². The molecule has 126 valence electrons. The second-order valence-electron chi connectivity index (χ2n) is 6.03. The Balaban J connectivity index is 1.82. The third-order valence-electron chi connectivity index (χ3n) is 4.44. The number of nitrogens with zero attached hydrogens (tertiary/aromatic N) is 4. The van der Waals surface area contributed by atoms with Gasteiger partial charge in [0.1, 0.15) is 5.82 Å². The predicted molar refractivity (Wildman–Crippen MR) is 97.5 cm³/mol. The third-order valence-corrected chi connectivity index (χ3v) is 4.44. The summed E-state index contributed by atoms with van der Waals surface area (Å²) >= 11 is 0. The molecular weight excluding hydrogens is 314 g/mol. The lowest BCUT2D eigenvalue weighted by molar-refractivity contribution is -0.129. The van der Waals surface area contributed by atoms with E-state index in [-0.39, 0.29) is 5.91 Å². The second-order valence-corrected chi connectivity index (χ2v) is 6.03. The Labute approximate surface area is 145 Å². The minimum atomic E-state index is 0.0498. The number of aromatic nitrogens is 4. The first-order chi connectivity index (χ1) is 12.2. The largest absolute Gasteiger partial charge is 0.340 e. The summed E-state index contributed by atoms with van der Waals surface area (Å²) < 4.78 is 1.83. The first kappa shape index (κ1) is 15.4. The number of hydrogen-bond donors (Lipinski definition) is 1. The molecule has 0 spiro atoms. The summed E-state index contributed by atoms with van der Waals surface area (Å²) in [4.78, 5) is 21.5. The van der Waals surface area contributed by atoms with Gasteiger partial charge in [0.2, 0.25) is 5.91 Å². The number of H-pyrrole nitrogens is 1. The summed E-state index contributed by atoms with van der Waals surface area (Å²) in [6.07, 6.45) is 3.68. The molecule has 2 heterocycles. The molecule has 0 atom stereocenters. The topological polar surface area (TPSA) is 66.8 Å². The molecule has 0 fully saturated rings. The second kappa shape index (κ2) is 6.05. The van der Waals surface area contributed by atoms with Gasteiger partial charge >= 0.3 is 0 Å². The van der Waals surface area contributed by atoms with Crippen molar-refractivity contribution in [1.29, 1.82) is 0 Å². The zero-order valence-electron chi connectivity index (χ0n) is 14.2. The van der Waals surface area contributed by atoms with Gasteiger partial charge in [0, 0.05) is 31.2 Å². The molecule has 4 rings (SSSR count). The molecule has 0 unspecified atom stereocenters. The summed E-state index contributed by atoms with van der Waals surface area (Å²) in [6, 6.07) is 12.2. The Hall–Kier alpha value is -3.15. The van der Waals surface area contributed by atoms with Crippen molar-refractivity contribution in [3.8, 4) is 5.69 Å². The van der Waals surface area contributed by atoms with E-state index in [9.17, 15) is 4.79 Å². The average Bonchev–Trinajstić information content (AvgIpc) is 3.28. The van der Waals surface area contributed by atoms with Gasteiger partial charge in [0.05, 0.1) is 23.3 Å². The quantitative estimate of drug-likeness (QED) is 0.623. The zero-order valence-corrected chi connectivity index (χ0v) is 14.2. The summed E-state index contributed by atoms with van der Waals surface area (Å²) in [6.45, 7) is 4.70. The fourth-order valence-corrected chi connectivity index (χ4v) is 3.10. The number of aromatic amines is 1. The van der Waals surface area contributed by atoms with Gasteiger partial charge in [-0.15, -0.1) is 0 Å². The van der Waals surface area contributed by atoms with Crippen LogP contribution in [0.3, 0.4) is 0 Å². The maximum absolute atomic E-state index is 11.7. The lowest BCUT2D eigenvalue weighted by Crippen LogP contribution is -2.28. The maximum atomic E-state index is 11.7. The number of hydrogen-bond acceptors (Lipinski definition) is 3. The Morgan fingerprint density at radius 3 is 2.84 bits per heavy atom. The van der Waals surface area contributed by atoms with Crippen LogP contribution in [0.5, 0.6) is 0 Å².